The number of benzene rings is 2. The van der Waals surface area contributed by atoms with E-state index in [2.05, 4.69) is 25.7 Å². The quantitative estimate of drug-likeness (QED) is 0.213. The van der Waals surface area contributed by atoms with E-state index in [1.807, 2.05) is 67.6 Å². The zero-order valence-corrected chi connectivity index (χ0v) is 29.1. The van der Waals surface area contributed by atoms with Crippen molar-refractivity contribution < 1.29 is 53.3 Å². The Labute approximate surface area is 294 Å². The van der Waals surface area contributed by atoms with Gasteiger partial charge < -0.3 is 53.8 Å². The second-order valence-corrected chi connectivity index (χ2v) is 13.5. The maximum Gasteiger partial charge on any atom is 0.407 e. The first kappa shape index (κ1) is 38.3. The first-order chi connectivity index (χ1) is 24.2. The molecule has 12 heteroatoms. The molecule has 50 heavy (non-hydrogen) atoms. The van der Waals surface area contributed by atoms with E-state index in [1.165, 1.54) is 6.08 Å². The Hall–Kier alpha value is -2.91. The van der Waals surface area contributed by atoms with Crippen molar-refractivity contribution in [2.75, 3.05) is 13.2 Å². The molecule has 3 fully saturated rings. The monoisotopic (exact) mass is 699 g/mol. The Bertz CT molecular complexity index is 1320. The number of aliphatic hydroxyl groups is 3. The Kier molecular flexibility index (Phi) is 14.2. The Morgan fingerprint density at radius 2 is 1.50 bits per heavy atom. The molecule has 2 aliphatic heterocycles. The number of hydrogen-bond donors (Lipinski definition) is 4. The fourth-order valence-electron chi connectivity index (χ4n) is 6.89. The highest BCUT2D eigenvalue weighted by molar-refractivity contribution is 5.67. The number of rotatable bonds is 14. The largest absolute Gasteiger partial charge is 0.445 e. The molecule has 0 radical (unpaired) electrons. The van der Waals surface area contributed by atoms with Crippen LogP contribution in [0.5, 0.6) is 0 Å². The average molecular weight is 700 g/mol. The van der Waals surface area contributed by atoms with Crippen LogP contribution in [0.2, 0.25) is 0 Å². The van der Waals surface area contributed by atoms with Gasteiger partial charge in [0.25, 0.3) is 0 Å². The standard InChI is InChI=1S/C38H53NO11/c1-5-19-44-38(43)39-30-32(42)31(41)29(20-40)49-36(30)48-28-18-12-13-23(2)33(28)50-37-35(46-22-27-16-10-7-11-17-27)34(24(3)25(4)47-37)45-21-26-14-8-6-9-15-26/h5-11,14-17,23-25,28-37,40-42H,1,12-13,18-22H2,2-4H3,(H,39,43)/t23-,24-,25?,28-,29+,30?,31+,32?,33?,34+,35?,36-,37+/m1/s1. The fourth-order valence-corrected chi connectivity index (χ4v) is 6.89. The summed E-state index contributed by atoms with van der Waals surface area (Å²) in [6.07, 6.45) is -5.52. The molecule has 5 unspecified atom stereocenters. The predicted octanol–water partition coefficient (Wildman–Crippen LogP) is 3.85. The van der Waals surface area contributed by atoms with Crippen LogP contribution in [0, 0.1) is 11.8 Å². The van der Waals surface area contributed by atoms with E-state index in [4.69, 9.17) is 33.2 Å². The zero-order valence-electron chi connectivity index (χ0n) is 29.1. The summed E-state index contributed by atoms with van der Waals surface area (Å²) in [7, 11) is 0. The van der Waals surface area contributed by atoms with Gasteiger partial charge in [-0.2, -0.15) is 0 Å². The summed E-state index contributed by atoms with van der Waals surface area (Å²) in [4.78, 5) is 12.5. The fraction of sp³-hybridized carbons (Fsp3) is 0.605. The third-order valence-corrected chi connectivity index (χ3v) is 9.94. The molecule has 1 amide bonds. The number of alkyl carbamates (subject to hydrolysis) is 1. The minimum absolute atomic E-state index is 0.0122. The first-order valence-corrected chi connectivity index (χ1v) is 17.6. The number of hydrogen-bond acceptors (Lipinski definition) is 11. The number of ether oxygens (including phenoxy) is 7. The van der Waals surface area contributed by atoms with Gasteiger partial charge in [-0.15, -0.1) is 0 Å². The summed E-state index contributed by atoms with van der Waals surface area (Å²) in [6.45, 7) is 9.82. The number of carbonyl (C=O) groups excluding carboxylic acids is 1. The van der Waals surface area contributed by atoms with Gasteiger partial charge in [0.2, 0.25) is 0 Å². The van der Waals surface area contributed by atoms with Crippen LogP contribution in [-0.4, -0.2) is 102 Å². The summed E-state index contributed by atoms with van der Waals surface area (Å²) in [5.41, 5.74) is 2.05. The topological polar surface area (TPSA) is 154 Å². The van der Waals surface area contributed by atoms with Gasteiger partial charge in [0.1, 0.15) is 37.1 Å². The Morgan fingerprint density at radius 1 is 0.860 bits per heavy atom. The summed E-state index contributed by atoms with van der Waals surface area (Å²) < 4.78 is 44.2. The molecule has 276 valence electrons. The van der Waals surface area contributed by atoms with Gasteiger partial charge in [-0.1, -0.05) is 93.6 Å². The third-order valence-electron chi connectivity index (χ3n) is 9.94. The molecular formula is C38H53NO11. The van der Waals surface area contributed by atoms with Crippen LogP contribution in [0.1, 0.15) is 51.2 Å². The summed E-state index contributed by atoms with van der Waals surface area (Å²) in [5.74, 6) is 0.0176. The molecule has 2 heterocycles. The lowest BCUT2D eigenvalue weighted by Crippen LogP contribution is -2.66. The van der Waals surface area contributed by atoms with E-state index < -0.39 is 67.9 Å². The van der Waals surface area contributed by atoms with Crippen molar-refractivity contribution in [2.24, 2.45) is 11.8 Å². The van der Waals surface area contributed by atoms with Crippen LogP contribution in [-0.2, 0) is 46.4 Å². The Morgan fingerprint density at radius 3 is 2.12 bits per heavy atom. The lowest BCUT2D eigenvalue weighted by molar-refractivity contribution is -0.338. The summed E-state index contributed by atoms with van der Waals surface area (Å²) in [5, 5.41) is 34.1. The average Bonchev–Trinajstić information content (AvgIpc) is 3.12. The maximum atomic E-state index is 12.5. The van der Waals surface area contributed by atoms with Crippen molar-refractivity contribution in [1.29, 1.82) is 0 Å². The molecule has 0 aromatic heterocycles. The van der Waals surface area contributed by atoms with Crippen molar-refractivity contribution >= 4 is 6.09 Å². The van der Waals surface area contributed by atoms with Crippen molar-refractivity contribution in [3.05, 3.63) is 84.4 Å². The van der Waals surface area contributed by atoms with E-state index in [0.29, 0.717) is 19.6 Å². The van der Waals surface area contributed by atoms with Gasteiger partial charge in [-0.25, -0.2) is 4.79 Å². The van der Waals surface area contributed by atoms with E-state index in [-0.39, 0.29) is 30.7 Å². The van der Waals surface area contributed by atoms with Crippen molar-refractivity contribution in [3.63, 3.8) is 0 Å². The van der Waals surface area contributed by atoms with Gasteiger partial charge in [0.05, 0.1) is 44.2 Å². The highest BCUT2D eigenvalue weighted by Gasteiger charge is 2.50. The second-order valence-electron chi connectivity index (χ2n) is 13.5. The highest BCUT2D eigenvalue weighted by atomic mass is 16.7. The highest BCUT2D eigenvalue weighted by Crippen LogP contribution is 2.37. The number of aliphatic hydroxyl groups excluding tert-OH is 3. The number of carbonyl (C=O) groups is 1. The smallest absolute Gasteiger partial charge is 0.407 e. The molecule has 1 aliphatic carbocycles. The molecule has 2 aromatic rings. The van der Waals surface area contributed by atoms with Crippen molar-refractivity contribution in [1.82, 2.24) is 5.32 Å². The van der Waals surface area contributed by atoms with E-state index in [1.54, 1.807) is 0 Å². The molecule has 2 saturated heterocycles. The van der Waals surface area contributed by atoms with Crippen LogP contribution in [0.25, 0.3) is 0 Å². The van der Waals surface area contributed by atoms with Crippen LogP contribution in [0.4, 0.5) is 4.79 Å². The lowest BCUT2D eigenvalue weighted by Gasteiger charge is -2.48. The van der Waals surface area contributed by atoms with Gasteiger partial charge in [-0.05, 0) is 36.8 Å². The van der Waals surface area contributed by atoms with Crippen molar-refractivity contribution in [2.45, 2.75) is 121 Å². The molecule has 2 aromatic carbocycles. The van der Waals surface area contributed by atoms with Crippen LogP contribution in [0.15, 0.2) is 73.3 Å². The van der Waals surface area contributed by atoms with Gasteiger partial charge in [0.15, 0.2) is 12.6 Å². The SMILES string of the molecule is C=CCOC(=O)NC1C(O)[C@@H](O)[C@H](CO)O[C@H]1O[C@@H]1CCC[C@@H](C)C1O[C@@H]1OC(C)[C@@H](C)[C@H](OCc2ccccc2)C1OCc1ccccc1. The van der Waals surface area contributed by atoms with E-state index in [0.717, 1.165) is 24.0 Å². The predicted molar refractivity (Wildman–Crippen MR) is 183 cm³/mol. The molecule has 1 saturated carbocycles. The molecular weight excluding hydrogens is 646 g/mol. The minimum Gasteiger partial charge on any atom is -0.445 e. The van der Waals surface area contributed by atoms with Crippen molar-refractivity contribution in [3.8, 4) is 0 Å². The molecule has 12 nitrogen and oxygen atoms in total. The van der Waals surface area contributed by atoms with Gasteiger partial charge in [0, 0.05) is 5.92 Å². The first-order valence-electron chi connectivity index (χ1n) is 17.6. The van der Waals surface area contributed by atoms with E-state index in [9.17, 15) is 20.1 Å². The molecule has 4 N–H and O–H groups in total. The maximum absolute atomic E-state index is 12.5. The molecule has 5 rings (SSSR count). The Balaban J connectivity index is 1.37. The molecule has 13 atom stereocenters. The molecule has 0 spiro atoms. The van der Waals surface area contributed by atoms with E-state index >= 15 is 0 Å². The lowest BCUT2D eigenvalue weighted by atomic mass is 9.85. The second kappa shape index (κ2) is 18.5. The van der Waals surface area contributed by atoms with Crippen LogP contribution >= 0.6 is 0 Å². The number of nitrogens with one attached hydrogen (secondary N) is 1. The molecule has 0 bridgehead atoms. The summed E-state index contributed by atoms with van der Waals surface area (Å²) in [6, 6.07) is 18.7. The third kappa shape index (κ3) is 9.69. The molecule has 3 aliphatic rings. The van der Waals surface area contributed by atoms with Gasteiger partial charge in [-0.3, -0.25) is 0 Å². The normalized spacial score (nSPS) is 36.0. The van der Waals surface area contributed by atoms with Crippen LogP contribution in [0.3, 0.4) is 0 Å². The minimum atomic E-state index is -1.51. The number of amides is 1. The zero-order chi connectivity index (χ0) is 35.6. The van der Waals surface area contributed by atoms with Crippen LogP contribution < -0.4 is 5.32 Å². The summed E-state index contributed by atoms with van der Waals surface area (Å²) >= 11 is 0. The van der Waals surface area contributed by atoms with Gasteiger partial charge >= 0.3 is 6.09 Å².